The van der Waals surface area contributed by atoms with Crippen molar-refractivity contribution >= 4 is 0 Å². The van der Waals surface area contributed by atoms with Gasteiger partial charge in [-0.25, -0.2) is 4.98 Å². The van der Waals surface area contributed by atoms with Gasteiger partial charge in [0.15, 0.2) is 0 Å². The molecule has 1 aromatic rings. The summed E-state index contributed by atoms with van der Waals surface area (Å²) in [5.74, 6) is 0.186. The Morgan fingerprint density at radius 3 is 2.86 bits per heavy atom. The Morgan fingerprint density at radius 2 is 2.36 bits per heavy atom. The Bertz CT molecular complexity index is 273. The maximum atomic E-state index is 9.97. The molecular weight excluding hydrogens is 180 g/mol. The van der Waals surface area contributed by atoms with Gasteiger partial charge in [0.1, 0.15) is 0 Å². The minimum atomic E-state index is -0.461. The molecule has 14 heavy (non-hydrogen) atoms. The van der Waals surface area contributed by atoms with Gasteiger partial charge < -0.3 is 14.4 Å². The molecule has 1 aromatic heterocycles. The maximum Gasteiger partial charge on any atom is 0.0981 e. The standard InChI is InChI=1S/C10H18N2O2/c1-8(4-5-14-3)10(13)9-6-11-7-12(9)2/h6-8,10,13H,4-5H2,1-3H3. The van der Waals surface area contributed by atoms with Gasteiger partial charge >= 0.3 is 0 Å². The summed E-state index contributed by atoms with van der Waals surface area (Å²) in [5.41, 5.74) is 0.855. The lowest BCUT2D eigenvalue weighted by molar-refractivity contribution is 0.0833. The van der Waals surface area contributed by atoms with E-state index in [1.807, 2.05) is 18.5 Å². The smallest absolute Gasteiger partial charge is 0.0981 e. The Morgan fingerprint density at radius 1 is 1.64 bits per heavy atom. The van der Waals surface area contributed by atoms with E-state index >= 15 is 0 Å². The van der Waals surface area contributed by atoms with Crippen LogP contribution in [0.15, 0.2) is 12.5 Å². The van der Waals surface area contributed by atoms with Crippen molar-refractivity contribution in [2.45, 2.75) is 19.4 Å². The van der Waals surface area contributed by atoms with E-state index in [1.165, 1.54) is 0 Å². The molecule has 0 aliphatic carbocycles. The fourth-order valence-electron chi connectivity index (χ4n) is 1.41. The number of rotatable bonds is 5. The zero-order valence-corrected chi connectivity index (χ0v) is 8.97. The maximum absolute atomic E-state index is 9.97. The van der Waals surface area contributed by atoms with Gasteiger partial charge in [-0.15, -0.1) is 0 Å². The summed E-state index contributed by atoms with van der Waals surface area (Å²) in [4.78, 5) is 3.98. The highest BCUT2D eigenvalue weighted by atomic mass is 16.5. The molecule has 0 aliphatic rings. The predicted molar refractivity (Wildman–Crippen MR) is 53.8 cm³/mol. The fourth-order valence-corrected chi connectivity index (χ4v) is 1.41. The summed E-state index contributed by atoms with van der Waals surface area (Å²) >= 11 is 0. The molecule has 0 fully saturated rings. The number of methoxy groups -OCH3 is 1. The first-order chi connectivity index (χ1) is 6.66. The van der Waals surface area contributed by atoms with Gasteiger partial charge in [0, 0.05) is 20.8 Å². The molecule has 0 aliphatic heterocycles. The van der Waals surface area contributed by atoms with Crippen molar-refractivity contribution in [1.29, 1.82) is 0 Å². The van der Waals surface area contributed by atoms with Crippen molar-refractivity contribution in [3.05, 3.63) is 18.2 Å². The second-order valence-electron chi connectivity index (χ2n) is 3.63. The highest BCUT2D eigenvalue weighted by Gasteiger charge is 2.18. The molecule has 80 valence electrons. The predicted octanol–water partition coefficient (Wildman–Crippen LogP) is 1.13. The number of hydrogen-bond donors (Lipinski definition) is 1. The SMILES string of the molecule is COCCC(C)C(O)c1cncn1C. The van der Waals surface area contributed by atoms with E-state index in [4.69, 9.17) is 4.74 Å². The van der Waals surface area contributed by atoms with Crippen LogP contribution in [0.3, 0.4) is 0 Å². The van der Waals surface area contributed by atoms with Crippen molar-refractivity contribution in [2.75, 3.05) is 13.7 Å². The van der Waals surface area contributed by atoms with E-state index in [9.17, 15) is 5.11 Å². The molecule has 2 atom stereocenters. The highest BCUT2D eigenvalue weighted by Crippen LogP contribution is 2.23. The van der Waals surface area contributed by atoms with Crippen LogP contribution in [0.5, 0.6) is 0 Å². The lowest BCUT2D eigenvalue weighted by Crippen LogP contribution is -2.14. The van der Waals surface area contributed by atoms with E-state index < -0.39 is 6.10 Å². The summed E-state index contributed by atoms with van der Waals surface area (Å²) in [6.45, 7) is 2.69. The molecule has 0 spiro atoms. The number of aryl methyl sites for hydroxylation is 1. The Kier molecular flexibility index (Phi) is 4.10. The Hall–Kier alpha value is -0.870. The molecule has 0 radical (unpaired) electrons. The minimum Gasteiger partial charge on any atom is -0.387 e. The number of nitrogens with zero attached hydrogens (tertiary/aromatic N) is 2. The summed E-state index contributed by atoms with van der Waals surface area (Å²) in [5, 5.41) is 9.97. The van der Waals surface area contributed by atoms with Crippen molar-refractivity contribution in [3.8, 4) is 0 Å². The molecular formula is C10H18N2O2. The molecule has 1 heterocycles. The van der Waals surface area contributed by atoms with Crippen molar-refractivity contribution < 1.29 is 9.84 Å². The topological polar surface area (TPSA) is 47.3 Å². The molecule has 4 nitrogen and oxygen atoms in total. The normalized spacial score (nSPS) is 15.4. The van der Waals surface area contributed by atoms with E-state index in [0.717, 1.165) is 12.1 Å². The van der Waals surface area contributed by atoms with Crippen LogP contribution >= 0.6 is 0 Å². The van der Waals surface area contributed by atoms with Gasteiger partial charge in [-0.3, -0.25) is 0 Å². The third-order valence-corrected chi connectivity index (χ3v) is 2.47. The van der Waals surface area contributed by atoms with Crippen LogP contribution in [0.1, 0.15) is 25.1 Å². The summed E-state index contributed by atoms with van der Waals surface area (Å²) in [7, 11) is 3.55. The first-order valence-corrected chi connectivity index (χ1v) is 4.80. The van der Waals surface area contributed by atoms with Crippen molar-refractivity contribution in [3.63, 3.8) is 0 Å². The number of aliphatic hydroxyl groups excluding tert-OH is 1. The molecule has 2 unspecified atom stereocenters. The van der Waals surface area contributed by atoms with E-state index in [0.29, 0.717) is 6.61 Å². The number of imidazole rings is 1. The first kappa shape index (κ1) is 11.2. The second-order valence-corrected chi connectivity index (χ2v) is 3.63. The molecule has 0 amide bonds. The quantitative estimate of drug-likeness (QED) is 0.771. The van der Waals surface area contributed by atoms with E-state index in [2.05, 4.69) is 4.98 Å². The fraction of sp³-hybridized carbons (Fsp3) is 0.700. The van der Waals surface area contributed by atoms with Crippen molar-refractivity contribution in [1.82, 2.24) is 9.55 Å². The number of aromatic nitrogens is 2. The molecule has 0 aromatic carbocycles. The van der Waals surface area contributed by atoms with Crippen LogP contribution in [0.4, 0.5) is 0 Å². The first-order valence-electron chi connectivity index (χ1n) is 4.80. The van der Waals surface area contributed by atoms with Crippen molar-refractivity contribution in [2.24, 2.45) is 13.0 Å². The average molecular weight is 198 g/mol. The lowest BCUT2D eigenvalue weighted by atomic mass is 9.99. The third kappa shape index (κ3) is 2.56. The van der Waals surface area contributed by atoms with Gasteiger partial charge in [-0.1, -0.05) is 6.92 Å². The van der Waals surface area contributed by atoms with Crippen LogP contribution in [-0.4, -0.2) is 28.4 Å². The summed E-state index contributed by atoms with van der Waals surface area (Å²) < 4.78 is 6.82. The molecule has 0 saturated carbocycles. The van der Waals surface area contributed by atoms with Gasteiger partial charge in [0.05, 0.1) is 24.3 Å². The van der Waals surface area contributed by atoms with Gasteiger partial charge in [-0.05, 0) is 12.3 Å². The van der Waals surface area contributed by atoms with Crippen LogP contribution in [0, 0.1) is 5.92 Å². The van der Waals surface area contributed by atoms with E-state index in [1.54, 1.807) is 19.6 Å². The zero-order chi connectivity index (χ0) is 10.6. The molecule has 0 saturated heterocycles. The monoisotopic (exact) mass is 198 g/mol. The highest BCUT2D eigenvalue weighted by molar-refractivity contribution is 5.02. The Balaban J connectivity index is 2.56. The molecule has 0 bridgehead atoms. The van der Waals surface area contributed by atoms with Crippen LogP contribution in [-0.2, 0) is 11.8 Å². The van der Waals surface area contributed by atoms with Gasteiger partial charge in [-0.2, -0.15) is 0 Å². The lowest BCUT2D eigenvalue weighted by Gasteiger charge is -2.18. The molecule has 4 heteroatoms. The average Bonchev–Trinajstić information content (AvgIpc) is 2.59. The molecule has 1 N–H and O–H groups in total. The zero-order valence-electron chi connectivity index (χ0n) is 8.97. The minimum absolute atomic E-state index is 0.186. The number of hydrogen-bond acceptors (Lipinski definition) is 3. The number of ether oxygens (including phenoxy) is 1. The van der Waals surface area contributed by atoms with Crippen LogP contribution in [0.2, 0.25) is 0 Å². The molecule has 1 rings (SSSR count). The number of aliphatic hydroxyl groups is 1. The van der Waals surface area contributed by atoms with Crippen LogP contribution in [0.25, 0.3) is 0 Å². The van der Waals surface area contributed by atoms with E-state index in [-0.39, 0.29) is 5.92 Å². The third-order valence-electron chi connectivity index (χ3n) is 2.47. The van der Waals surface area contributed by atoms with Gasteiger partial charge in [0.2, 0.25) is 0 Å². The summed E-state index contributed by atoms with van der Waals surface area (Å²) in [6.07, 6.45) is 3.79. The summed E-state index contributed by atoms with van der Waals surface area (Å²) in [6, 6.07) is 0. The van der Waals surface area contributed by atoms with Gasteiger partial charge in [0.25, 0.3) is 0 Å². The largest absolute Gasteiger partial charge is 0.387 e. The second kappa shape index (κ2) is 5.12. The Labute approximate surface area is 84.5 Å². The van der Waals surface area contributed by atoms with Crippen LogP contribution < -0.4 is 0 Å².